The Hall–Kier alpha value is -0.290. The highest BCUT2D eigenvalue weighted by Gasteiger charge is 2.08. The molecule has 74 valence electrons. The van der Waals surface area contributed by atoms with Gasteiger partial charge >= 0.3 is 0 Å². The summed E-state index contributed by atoms with van der Waals surface area (Å²) in [5.74, 6) is 0. The van der Waals surface area contributed by atoms with Crippen molar-refractivity contribution in [1.82, 2.24) is 10.2 Å². The number of aromatic nitrogens is 2. The lowest BCUT2D eigenvalue weighted by Crippen LogP contribution is -2.07. The summed E-state index contributed by atoms with van der Waals surface area (Å²) < 4.78 is 1.07. The van der Waals surface area contributed by atoms with E-state index in [0.717, 1.165) is 9.47 Å². The van der Waals surface area contributed by atoms with Crippen molar-refractivity contribution in [3.05, 3.63) is 0 Å². The summed E-state index contributed by atoms with van der Waals surface area (Å²) >= 11 is 3.45. The zero-order chi connectivity index (χ0) is 9.84. The maximum atomic E-state index is 4.12. The van der Waals surface area contributed by atoms with Crippen LogP contribution in [0.1, 0.15) is 20.3 Å². The van der Waals surface area contributed by atoms with Gasteiger partial charge in [0.05, 0.1) is 0 Å². The standard InChI is InChI=1S/C8H15N3S2/c1-5-6(2)12-8-10-9-7(13-8)11(3)4/h6H,5H2,1-4H3. The van der Waals surface area contributed by atoms with Crippen LogP contribution in [0.5, 0.6) is 0 Å². The minimum absolute atomic E-state index is 0.628. The van der Waals surface area contributed by atoms with Crippen LogP contribution in [0.3, 0.4) is 0 Å². The fraction of sp³-hybridized carbons (Fsp3) is 0.750. The van der Waals surface area contributed by atoms with Crippen LogP contribution in [0.2, 0.25) is 0 Å². The van der Waals surface area contributed by atoms with Crippen LogP contribution in [-0.4, -0.2) is 29.5 Å². The highest BCUT2D eigenvalue weighted by Crippen LogP contribution is 2.30. The number of rotatable bonds is 4. The topological polar surface area (TPSA) is 29.0 Å². The fourth-order valence-corrected chi connectivity index (χ4v) is 2.70. The minimum Gasteiger partial charge on any atom is -0.353 e. The molecule has 0 aliphatic carbocycles. The second kappa shape index (κ2) is 4.81. The quantitative estimate of drug-likeness (QED) is 0.725. The molecule has 0 fully saturated rings. The lowest BCUT2D eigenvalue weighted by atomic mass is 10.4. The molecular weight excluding hydrogens is 202 g/mol. The molecule has 0 saturated heterocycles. The molecule has 1 heterocycles. The van der Waals surface area contributed by atoms with Crippen LogP contribution in [0, 0.1) is 0 Å². The van der Waals surface area contributed by atoms with E-state index in [4.69, 9.17) is 0 Å². The van der Waals surface area contributed by atoms with Crippen molar-refractivity contribution in [1.29, 1.82) is 0 Å². The summed E-state index contributed by atoms with van der Waals surface area (Å²) in [5, 5.41) is 9.80. The van der Waals surface area contributed by atoms with E-state index in [1.54, 1.807) is 23.1 Å². The number of thioether (sulfide) groups is 1. The first-order chi connectivity index (χ1) is 6.13. The van der Waals surface area contributed by atoms with E-state index >= 15 is 0 Å². The van der Waals surface area contributed by atoms with Crippen molar-refractivity contribution >= 4 is 28.2 Å². The third-order valence-corrected chi connectivity index (χ3v) is 4.10. The summed E-state index contributed by atoms with van der Waals surface area (Å²) in [6.45, 7) is 4.40. The van der Waals surface area contributed by atoms with Gasteiger partial charge in [-0.2, -0.15) is 0 Å². The van der Waals surface area contributed by atoms with E-state index in [2.05, 4.69) is 24.0 Å². The Balaban J connectivity index is 2.58. The smallest absolute Gasteiger partial charge is 0.208 e. The SMILES string of the molecule is CCC(C)Sc1nnc(N(C)C)s1. The lowest BCUT2D eigenvalue weighted by Gasteiger charge is -2.04. The van der Waals surface area contributed by atoms with E-state index in [1.165, 1.54) is 6.42 Å². The lowest BCUT2D eigenvalue weighted by molar-refractivity contribution is 0.898. The Morgan fingerprint density at radius 3 is 2.62 bits per heavy atom. The molecule has 1 atom stereocenters. The third-order valence-electron chi connectivity index (χ3n) is 1.66. The molecule has 1 aromatic heterocycles. The zero-order valence-electron chi connectivity index (χ0n) is 8.44. The van der Waals surface area contributed by atoms with Crippen molar-refractivity contribution < 1.29 is 0 Å². The van der Waals surface area contributed by atoms with Crippen molar-refractivity contribution in [3.63, 3.8) is 0 Å². The van der Waals surface area contributed by atoms with Gasteiger partial charge in [0, 0.05) is 19.3 Å². The van der Waals surface area contributed by atoms with Gasteiger partial charge in [-0.1, -0.05) is 36.9 Å². The van der Waals surface area contributed by atoms with Gasteiger partial charge in [-0.05, 0) is 6.42 Å². The summed E-state index contributed by atoms with van der Waals surface area (Å²) in [5.41, 5.74) is 0. The number of anilines is 1. The van der Waals surface area contributed by atoms with E-state index in [1.807, 2.05) is 19.0 Å². The molecule has 1 rings (SSSR count). The van der Waals surface area contributed by atoms with Crippen LogP contribution in [0.15, 0.2) is 4.34 Å². The summed E-state index contributed by atoms with van der Waals surface area (Å²) in [6.07, 6.45) is 1.17. The second-order valence-electron chi connectivity index (χ2n) is 3.08. The van der Waals surface area contributed by atoms with Gasteiger partial charge < -0.3 is 4.90 Å². The van der Waals surface area contributed by atoms with Crippen molar-refractivity contribution in [2.75, 3.05) is 19.0 Å². The highest BCUT2D eigenvalue weighted by atomic mass is 32.2. The number of nitrogens with zero attached hydrogens (tertiary/aromatic N) is 3. The first-order valence-corrected chi connectivity index (χ1v) is 6.00. The Kier molecular flexibility index (Phi) is 3.99. The molecule has 0 bridgehead atoms. The molecule has 0 aliphatic heterocycles. The molecule has 0 saturated carbocycles. The largest absolute Gasteiger partial charge is 0.353 e. The molecule has 0 aliphatic rings. The molecule has 0 amide bonds. The minimum atomic E-state index is 0.628. The van der Waals surface area contributed by atoms with Crippen LogP contribution in [-0.2, 0) is 0 Å². The van der Waals surface area contributed by atoms with E-state index in [9.17, 15) is 0 Å². The van der Waals surface area contributed by atoms with E-state index in [0.29, 0.717) is 5.25 Å². The van der Waals surface area contributed by atoms with Gasteiger partial charge in [0.15, 0.2) is 4.34 Å². The third kappa shape index (κ3) is 3.15. The van der Waals surface area contributed by atoms with Crippen molar-refractivity contribution in [2.45, 2.75) is 29.9 Å². The van der Waals surface area contributed by atoms with Crippen LogP contribution in [0.25, 0.3) is 0 Å². The Morgan fingerprint density at radius 2 is 2.15 bits per heavy atom. The van der Waals surface area contributed by atoms with Gasteiger partial charge in [-0.25, -0.2) is 0 Å². The van der Waals surface area contributed by atoms with Crippen molar-refractivity contribution in [3.8, 4) is 0 Å². The summed E-state index contributed by atoms with van der Waals surface area (Å²) in [7, 11) is 3.97. The van der Waals surface area contributed by atoms with Gasteiger partial charge in [-0.3, -0.25) is 0 Å². The Labute approximate surface area is 87.6 Å². The second-order valence-corrected chi connectivity index (χ2v) is 5.72. The molecule has 5 heteroatoms. The average molecular weight is 217 g/mol. The summed E-state index contributed by atoms with van der Waals surface area (Å²) in [6, 6.07) is 0. The van der Waals surface area contributed by atoms with E-state index < -0.39 is 0 Å². The van der Waals surface area contributed by atoms with E-state index in [-0.39, 0.29) is 0 Å². The number of hydrogen-bond acceptors (Lipinski definition) is 5. The van der Waals surface area contributed by atoms with Gasteiger partial charge in [0.1, 0.15) is 0 Å². The predicted molar refractivity (Wildman–Crippen MR) is 59.8 cm³/mol. The van der Waals surface area contributed by atoms with Crippen LogP contribution >= 0.6 is 23.1 Å². The van der Waals surface area contributed by atoms with Gasteiger partial charge in [-0.15, -0.1) is 10.2 Å². The zero-order valence-corrected chi connectivity index (χ0v) is 10.1. The Bertz CT molecular complexity index is 260. The molecular formula is C8H15N3S2. The molecule has 13 heavy (non-hydrogen) atoms. The van der Waals surface area contributed by atoms with Crippen molar-refractivity contribution in [2.24, 2.45) is 0 Å². The highest BCUT2D eigenvalue weighted by molar-refractivity contribution is 8.01. The molecule has 0 spiro atoms. The average Bonchev–Trinajstić information content (AvgIpc) is 2.52. The maximum Gasteiger partial charge on any atom is 0.208 e. The predicted octanol–water partition coefficient (Wildman–Crippen LogP) is 2.49. The monoisotopic (exact) mass is 217 g/mol. The molecule has 0 N–H and O–H groups in total. The first kappa shape index (κ1) is 10.8. The molecule has 0 aromatic carbocycles. The van der Waals surface area contributed by atoms with Gasteiger partial charge in [0.2, 0.25) is 5.13 Å². The molecule has 0 radical (unpaired) electrons. The number of hydrogen-bond donors (Lipinski definition) is 0. The van der Waals surface area contributed by atoms with Gasteiger partial charge in [0.25, 0.3) is 0 Å². The van der Waals surface area contributed by atoms with Crippen LogP contribution in [0.4, 0.5) is 5.13 Å². The first-order valence-electron chi connectivity index (χ1n) is 4.31. The molecule has 1 aromatic rings. The normalized spacial score (nSPS) is 12.9. The Morgan fingerprint density at radius 1 is 1.46 bits per heavy atom. The summed E-state index contributed by atoms with van der Waals surface area (Å²) in [4.78, 5) is 1.98. The van der Waals surface area contributed by atoms with Crippen LogP contribution < -0.4 is 4.90 Å². The molecule has 3 nitrogen and oxygen atoms in total. The molecule has 1 unspecified atom stereocenters. The fourth-order valence-electron chi connectivity index (χ4n) is 0.686. The maximum absolute atomic E-state index is 4.12.